The number of nitrogens with zero attached hydrogens (tertiary/aromatic N) is 3. The Hall–Kier alpha value is -1.14. The van der Waals surface area contributed by atoms with Crippen LogP contribution in [0.2, 0.25) is 0 Å². The Morgan fingerprint density at radius 2 is 1.96 bits per heavy atom. The molecular weight excluding hydrogens is 306 g/mol. The molecule has 0 aliphatic carbocycles. The van der Waals surface area contributed by atoms with E-state index in [1.807, 2.05) is 4.90 Å². The third-order valence-corrected chi connectivity index (χ3v) is 5.67. The zero-order valence-corrected chi connectivity index (χ0v) is 14.9. The molecule has 24 heavy (non-hydrogen) atoms. The lowest BCUT2D eigenvalue weighted by Crippen LogP contribution is -2.46. The summed E-state index contributed by atoms with van der Waals surface area (Å²) >= 11 is 0. The Morgan fingerprint density at radius 3 is 2.71 bits per heavy atom. The summed E-state index contributed by atoms with van der Waals surface area (Å²) in [7, 11) is 1.64. The van der Waals surface area contributed by atoms with E-state index in [0.717, 1.165) is 26.1 Å². The standard InChI is InChI=1S/C18H31N3O3/c1-24-10-9-20-14-16(11-17(20)22)18(23)21-8-4-5-15(13-21)12-19-6-2-3-7-19/h15-16H,2-14H2,1H3. The van der Waals surface area contributed by atoms with Crippen molar-refractivity contribution in [2.24, 2.45) is 11.8 Å². The van der Waals surface area contributed by atoms with Crippen molar-refractivity contribution in [2.75, 3.05) is 59.5 Å². The first kappa shape index (κ1) is 17.7. The molecule has 0 saturated carbocycles. The molecule has 0 bridgehead atoms. The van der Waals surface area contributed by atoms with Gasteiger partial charge in [0.15, 0.2) is 0 Å². The summed E-state index contributed by atoms with van der Waals surface area (Å²) in [6.07, 6.45) is 5.33. The molecule has 3 aliphatic rings. The Labute approximate surface area is 145 Å². The molecular formula is C18H31N3O3. The summed E-state index contributed by atoms with van der Waals surface area (Å²) in [5.41, 5.74) is 0. The van der Waals surface area contributed by atoms with Crippen molar-refractivity contribution < 1.29 is 14.3 Å². The van der Waals surface area contributed by atoms with Crippen molar-refractivity contribution in [3.05, 3.63) is 0 Å². The topological polar surface area (TPSA) is 53.1 Å². The average molecular weight is 337 g/mol. The van der Waals surface area contributed by atoms with E-state index in [9.17, 15) is 9.59 Å². The van der Waals surface area contributed by atoms with E-state index in [1.54, 1.807) is 12.0 Å². The second-order valence-electron chi connectivity index (χ2n) is 7.53. The molecule has 0 aromatic heterocycles. The van der Waals surface area contributed by atoms with Crippen LogP contribution in [0.4, 0.5) is 0 Å². The first-order valence-corrected chi connectivity index (χ1v) is 9.45. The molecule has 2 atom stereocenters. The van der Waals surface area contributed by atoms with E-state index in [0.29, 0.717) is 32.0 Å². The minimum Gasteiger partial charge on any atom is -0.383 e. The molecule has 0 radical (unpaired) electrons. The van der Waals surface area contributed by atoms with Gasteiger partial charge in [0.05, 0.1) is 12.5 Å². The van der Waals surface area contributed by atoms with Gasteiger partial charge in [0.1, 0.15) is 0 Å². The van der Waals surface area contributed by atoms with Crippen molar-refractivity contribution in [2.45, 2.75) is 32.1 Å². The molecule has 6 heteroatoms. The SMILES string of the molecule is COCCN1CC(C(=O)N2CCCC(CN3CCCC3)C2)CC1=O. The highest BCUT2D eigenvalue weighted by molar-refractivity contribution is 5.89. The van der Waals surface area contributed by atoms with E-state index in [-0.39, 0.29) is 17.7 Å². The fourth-order valence-electron chi connectivity index (χ4n) is 4.36. The minimum atomic E-state index is -0.153. The van der Waals surface area contributed by atoms with Crippen LogP contribution in [0.3, 0.4) is 0 Å². The summed E-state index contributed by atoms with van der Waals surface area (Å²) in [6.45, 7) is 6.99. The van der Waals surface area contributed by atoms with E-state index < -0.39 is 0 Å². The van der Waals surface area contributed by atoms with Gasteiger partial charge in [-0.15, -0.1) is 0 Å². The van der Waals surface area contributed by atoms with Crippen LogP contribution in [0.25, 0.3) is 0 Å². The van der Waals surface area contributed by atoms with Gasteiger partial charge in [0.2, 0.25) is 11.8 Å². The Kier molecular flexibility index (Phi) is 6.11. The Morgan fingerprint density at radius 1 is 1.17 bits per heavy atom. The number of amides is 2. The van der Waals surface area contributed by atoms with Crippen LogP contribution < -0.4 is 0 Å². The second kappa shape index (κ2) is 8.30. The normalized spacial score (nSPS) is 28.8. The zero-order chi connectivity index (χ0) is 16.9. The third kappa shape index (κ3) is 4.28. The lowest BCUT2D eigenvalue weighted by molar-refractivity contribution is -0.137. The van der Waals surface area contributed by atoms with Gasteiger partial charge < -0.3 is 19.4 Å². The molecule has 0 spiro atoms. The van der Waals surface area contributed by atoms with Crippen molar-refractivity contribution in [1.82, 2.24) is 14.7 Å². The highest BCUT2D eigenvalue weighted by atomic mass is 16.5. The van der Waals surface area contributed by atoms with Gasteiger partial charge in [0.25, 0.3) is 0 Å². The molecule has 0 aromatic carbocycles. The number of carbonyl (C=O) groups excluding carboxylic acids is 2. The first-order valence-electron chi connectivity index (χ1n) is 9.45. The smallest absolute Gasteiger partial charge is 0.228 e. The minimum absolute atomic E-state index is 0.0935. The van der Waals surface area contributed by atoms with E-state index in [1.165, 1.54) is 32.4 Å². The highest BCUT2D eigenvalue weighted by Crippen LogP contribution is 2.25. The van der Waals surface area contributed by atoms with Crippen LogP contribution in [-0.2, 0) is 14.3 Å². The van der Waals surface area contributed by atoms with Crippen LogP contribution in [0.1, 0.15) is 32.1 Å². The molecule has 136 valence electrons. The average Bonchev–Trinajstić information content (AvgIpc) is 3.22. The van der Waals surface area contributed by atoms with Crippen molar-refractivity contribution in [1.29, 1.82) is 0 Å². The largest absolute Gasteiger partial charge is 0.383 e. The molecule has 0 N–H and O–H groups in total. The molecule has 3 rings (SSSR count). The first-order chi connectivity index (χ1) is 11.7. The zero-order valence-electron chi connectivity index (χ0n) is 14.9. The van der Waals surface area contributed by atoms with Crippen molar-refractivity contribution in [3.63, 3.8) is 0 Å². The van der Waals surface area contributed by atoms with Gasteiger partial charge >= 0.3 is 0 Å². The molecule has 2 unspecified atom stereocenters. The van der Waals surface area contributed by atoms with Gasteiger partial charge in [-0.25, -0.2) is 0 Å². The number of likely N-dealkylation sites (tertiary alicyclic amines) is 3. The number of ether oxygens (including phenoxy) is 1. The molecule has 3 heterocycles. The summed E-state index contributed by atoms with van der Waals surface area (Å²) in [5, 5.41) is 0. The van der Waals surface area contributed by atoms with Crippen LogP contribution >= 0.6 is 0 Å². The predicted molar refractivity (Wildman–Crippen MR) is 91.5 cm³/mol. The maximum atomic E-state index is 12.9. The fraction of sp³-hybridized carbons (Fsp3) is 0.889. The lowest BCUT2D eigenvalue weighted by atomic mass is 9.95. The number of hydrogen-bond acceptors (Lipinski definition) is 4. The Bertz CT molecular complexity index is 451. The molecule has 0 aromatic rings. The maximum absolute atomic E-state index is 12.9. The highest BCUT2D eigenvalue weighted by Gasteiger charge is 2.37. The van der Waals surface area contributed by atoms with Gasteiger partial charge in [-0.2, -0.15) is 0 Å². The van der Waals surface area contributed by atoms with Gasteiger partial charge in [-0.1, -0.05) is 0 Å². The van der Waals surface area contributed by atoms with Crippen molar-refractivity contribution >= 4 is 11.8 Å². The van der Waals surface area contributed by atoms with Crippen LogP contribution in [0.15, 0.2) is 0 Å². The van der Waals surface area contributed by atoms with Crippen molar-refractivity contribution in [3.8, 4) is 0 Å². The summed E-state index contributed by atoms with van der Waals surface area (Å²) in [5.74, 6) is 0.729. The third-order valence-electron chi connectivity index (χ3n) is 5.67. The molecule has 2 amide bonds. The number of rotatable bonds is 6. The quantitative estimate of drug-likeness (QED) is 0.720. The maximum Gasteiger partial charge on any atom is 0.228 e. The molecule has 3 aliphatic heterocycles. The van der Waals surface area contributed by atoms with Gasteiger partial charge in [-0.3, -0.25) is 9.59 Å². The van der Waals surface area contributed by atoms with Gasteiger partial charge in [-0.05, 0) is 44.7 Å². The van der Waals surface area contributed by atoms with Crippen LogP contribution in [0.5, 0.6) is 0 Å². The lowest BCUT2D eigenvalue weighted by Gasteiger charge is -2.36. The monoisotopic (exact) mass is 337 g/mol. The van der Waals surface area contributed by atoms with Crippen LogP contribution in [-0.4, -0.2) is 86.0 Å². The summed E-state index contributed by atoms with van der Waals surface area (Å²) < 4.78 is 5.05. The fourth-order valence-corrected chi connectivity index (χ4v) is 4.36. The van der Waals surface area contributed by atoms with E-state index in [4.69, 9.17) is 4.74 Å². The Balaban J connectivity index is 1.50. The molecule has 6 nitrogen and oxygen atoms in total. The van der Waals surface area contributed by atoms with E-state index in [2.05, 4.69) is 4.90 Å². The summed E-state index contributed by atoms with van der Waals surface area (Å²) in [4.78, 5) is 31.3. The molecule has 3 fully saturated rings. The van der Waals surface area contributed by atoms with Gasteiger partial charge in [0, 0.05) is 46.3 Å². The van der Waals surface area contributed by atoms with E-state index >= 15 is 0 Å². The predicted octanol–water partition coefficient (Wildman–Crippen LogP) is 0.816. The number of piperidine rings is 1. The number of carbonyl (C=O) groups is 2. The second-order valence-corrected chi connectivity index (χ2v) is 7.53. The molecule has 3 saturated heterocycles. The number of methoxy groups -OCH3 is 1. The number of hydrogen-bond donors (Lipinski definition) is 0. The summed E-state index contributed by atoms with van der Waals surface area (Å²) in [6, 6.07) is 0. The van der Waals surface area contributed by atoms with Crippen LogP contribution in [0, 0.1) is 11.8 Å².